The molecule has 1 unspecified atom stereocenters. The van der Waals surface area contributed by atoms with Gasteiger partial charge in [0.05, 0.1) is 19.1 Å². The van der Waals surface area contributed by atoms with Crippen LogP contribution in [0, 0.1) is 5.92 Å². The first kappa shape index (κ1) is 15.6. The van der Waals surface area contributed by atoms with E-state index < -0.39 is 0 Å². The standard InChI is InChI=1S/C15H20BrN3O3/c16-12-8-13(17-9-12)15(21)19-3-1-2-11(10-19)14(20)18-4-6-22-7-5-18/h8-9,11,17H,1-7,10H2. The Labute approximate surface area is 137 Å². The molecular formula is C15H20BrN3O3. The molecule has 0 aromatic carbocycles. The number of nitrogens with one attached hydrogen (secondary N) is 1. The molecule has 1 aromatic heterocycles. The maximum Gasteiger partial charge on any atom is 0.270 e. The third-order valence-corrected chi connectivity index (χ3v) is 4.72. The lowest BCUT2D eigenvalue weighted by Gasteiger charge is -2.36. The highest BCUT2D eigenvalue weighted by Crippen LogP contribution is 2.22. The average molecular weight is 370 g/mol. The second-order valence-electron chi connectivity index (χ2n) is 5.76. The molecule has 0 aliphatic carbocycles. The summed E-state index contributed by atoms with van der Waals surface area (Å²) in [6.45, 7) is 3.75. The van der Waals surface area contributed by atoms with Crippen molar-refractivity contribution in [3.8, 4) is 0 Å². The van der Waals surface area contributed by atoms with Gasteiger partial charge in [0.2, 0.25) is 5.91 Å². The summed E-state index contributed by atoms with van der Waals surface area (Å²) in [6.07, 6.45) is 3.47. The van der Waals surface area contributed by atoms with Crippen LogP contribution < -0.4 is 0 Å². The van der Waals surface area contributed by atoms with Crippen molar-refractivity contribution in [3.63, 3.8) is 0 Å². The second kappa shape index (κ2) is 6.83. The minimum Gasteiger partial charge on any atom is -0.378 e. The monoisotopic (exact) mass is 369 g/mol. The molecule has 22 heavy (non-hydrogen) atoms. The van der Waals surface area contributed by atoms with Crippen LogP contribution in [0.2, 0.25) is 0 Å². The van der Waals surface area contributed by atoms with Gasteiger partial charge in [0.15, 0.2) is 0 Å². The smallest absolute Gasteiger partial charge is 0.270 e. The number of piperidine rings is 1. The lowest BCUT2D eigenvalue weighted by Crippen LogP contribution is -2.49. The van der Waals surface area contributed by atoms with Crippen molar-refractivity contribution in [3.05, 3.63) is 22.4 Å². The quantitative estimate of drug-likeness (QED) is 0.858. The first-order valence-electron chi connectivity index (χ1n) is 7.65. The van der Waals surface area contributed by atoms with Gasteiger partial charge in [0, 0.05) is 36.8 Å². The number of morpholine rings is 1. The highest BCUT2D eigenvalue weighted by molar-refractivity contribution is 9.10. The van der Waals surface area contributed by atoms with Crippen molar-refractivity contribution in [1.82, 2.24) is 14.8 Å². The molecule has 120 valence electrons. The van der Waals surface area contributed by atoms with Gasteiger partial charge in [-0.25, -0.2) is 0 Å². The number of carbonyl (C=O) groups excluding carboxylic acids is 2. The SMILES string of the molecule is O=C(c1cc(Br)c[nH]1)N1CCCC(C(=O)N2CCOCC2)C1. The highest BCUT2D eigenvalue weighted by Gasteiger charge is 2.32. The molecule has 0 saturated carbocycles. The maximum atomic E-state index is 12.6. The van der Waals surface area contributed by atoms with E-state index in [1.807, 2.05) is 4.90 Å². The van der Waals surface area contributed by atoms with Crippen molar-refractivity contribution in [2.75, 3.05) is 39.4 Å². The van der Waals surface area contributed by atoms with Gasteiger partial charge in [-0.15, -0.1) is 0 Å². The predicted octanol–water partition coefficient (Wildman–Crippen LogP) is 1.49. The minimum atomic E-state index is -0.0887. The summed E-state index contributed by atoms with van der Waals surface area (Å²) >= 11 is 3.34. The number of rotatable bonds is 2. The zero-order chi connectivity index (χ0) is 15.5. The Bertz CT molecular complexity index is 554. The van der Waals surface area contributed by atoms with Gasteiger partial charge in [-0.1, -0.05) is 0 Å². The zero-order valence-corrected chi connectivity index (χ0v) is 14.0. The Morgan fingerprint density at radius 3 is 2.68 bits per heavy atom. The number of H-pyrrole nitrogens is 1. The molecule has 2 saturated heterocycles. The minimum absolute atomic E-state index is 0.0369. The molecule has 0 spiro atoms. The molecule has 3 heterocycles. The van der Waals surface area contributed by atoms with E-state index in [0.717, 1.165) is 17.3 Å². The summed E-state index contributed by atoms with van der Waals surface area (Å²) in [4.78, 5) is 31.7. The van der Waals surface area contributed by atoms with Crippen molar-refractivity contribution in [2.24, 2.45) is 5.92 Å². The van der Waals surface area contributed by atoms with Crippen LogP contribution in [0.15, 0.2) is 16.7 Å². The summed E-state index contributed by atoms with van der Waals surface area (Å²) in [7, 11) is 0. The van der Waals surface area contributed by atoms with Crippen molar-refractivity contribution < 1.29 is 14.3 Å². The van der Waals surface area contributed by atoms with Crippen LogP contribution in [0.3, 0.4) is 0 Å². The topological polar surface area (TPSA) is 65.6 Å². The van der Waals surface area contributed by atoms with E-state index in [4.69, 9.17) is 4.74 Å². The number of likely N-dealkylation sites (tertiary alicyclic amines) is 1. The number of halogens is 1. The third kappa shape index (κ3) is 3.35. The molecule has 1 N–H and O–H groups in total. The number of aromatic amines is 1. The van der Waals surface area contributed by atoms with Crippen LogP contribution in [0.4, 0.5) is 0 Å². The number of nitrogens with zero attached hydrogens (tertiary/aromatic N) is 2. The Hall–Kier alpha value is -1.34. The maximum absolute atomic E-state index is 12.6. The van der Waals surface area contributed by atoms with Crippen molar-refractivity contribution in [2.45, 2.75) is 12.8 Å². The fourth-order valence-electron chi connectivity index (χ4n) is 3.07. The highest BCUT2D eigenvalue weighted by atomic mass is 79.9. The lowest BCUT2D eigenvalue weighted by atomic mass is 9.96. The van der Waals surface area contributed by atoms with Crippen LogP contribution in [-0.2, 0) is 9.53 Å². The Balaban J connectivity index is 1.63. The molecule has 1 atom stereocenters. The number of carbonyl (C=O) groups is 2. The van der Waals surface area contributed by atoms with Crippen LogP contribution in [0.25, 0.3) is 0 Å². The number of ether oxygens (including phenoxy) is 1. The first-order valence-corrected chi connectivity index (χ1v) is 8.44. The first-order chi connectivity index (χ1) is 10.6. The number of aromatic nitrogens is 1. The fourth-order valence-corrected chi connectivity index (χ4v) is 3.41. The second-order valence-corrected chi connectivity index (χ2v) is 6.68. The van der Waals surface area contributed by atoms with Crippen LogP contribution in [0.5, 0.6) is 0 Å². The molecule has 1 aromatic rings. The van der Waals surface area contributed by atoms with Gasteiger partial charge in [0.1, 0.15) is 5.69 Å². The van der Waals surface area contributed by atoms with Gasteiger partial charge < -0.3 is 19.5 Å². The average Bonchev–Trinajstić information content (AvgIpc) is 3.01. The Kier molecular flexibility index (Phi) is 4.83. The Morgan fingerprint density at radius 1 is 1.23 bits per heavy atom. The van der Waals surface area contributed by atoms with Crippen LogP contribution in [-0.4, -0.2) is 66.0 Å². The molecule has 2 amide bonds. The van der Waals surface area contributed by atoms with Gasteiger partial charge in [-0.05, 0) is 34.8 Å². The van der Waals surface area contributed by atoms with E-state index in [2.05, 4.69) is 20.9 Å². The normalized spacial score (nSPS) is 22.7. The molecule has 2 aliphatic rings. The van der Waals surface area contributed by atoms with Gasteiger partial charge in [-0.2, -0.15) is 0 Å². The van der Waals surface area contributed by atoms with Crippen molar-refractivity contribution >= 4 is 27.7 Å². The molecule has 2 aliphatic heterocycles. The van der Waals surface area contributed by atoms with E-state index in [1.54, 1.807) is 17.2 Å². The molecule has 6 nitrogen and oxygen atoms in total. The molecule has 7 heteroatoms. The summed E-state index contributed by atoms with van der Waals surface area (Å²) < 4.78 is 6.15. The van der Waals surface area contributed by atoms with Crippen LogP contribution >= 0.6 is 15.9 Å². The van der Waals surface area contributed by atoms with E-state index in [1.165, 1.54) is 0 Å². The van der Waals surface area contributed by atoms with Gasteiger partial charge in [-0.3, -0.25) is 9.59 Å². The molecule has 0 bridgehead atoms. The molecule has 0 radical (unpaired) electrons. The number of hydrogen-bond acceptors (Lipinski definition) is 3. The third-order valence-electron chi connectivity index (χ3n) is 4.26. The molecule has 2 fully saturated rings. The summed E-state index contributed by atoms with van der Waals surface area (Å²) in [6, 6.07) is 1.77. The molecule has 3 rings (SSSR count). The summed E-state index contributed by atoms with van der Waals surface area (Å²) in [5.74, 6) is 0.0350. The molecular weight excluding hydrogens is 350 g/mol. The summed E-state index contributed by atoms with van der Waals surface area (Å²) in [5, 5.41) is 0. The number of hydrogen-bond donors (Lipinski definition) is 1. The lowest BCUT2D eigenvalue weighted by molar-refractivity contribution is -0.141. The van der Waals surface area contributed by atoms with E-state index in [0.29, 0.717) is 45.1 Å². The van der Waals surface area contributed by atoms with E-state index in [9.17, 15) is 9.59 Å². The summed E-state index contributed by atoms with van der Waals surface area (Å²) in [5.41, 5.74) is 0.561. The largest absolute Gasteiger partial charge is 0.378 e. The predicted molar refractivity (Wildman–Crippen MR) is 84.5 cm³/mol. The fraction of sp³-hybridized carbons (Fsp3) is 0.600. The van der Waals surface area contributed by atoms with E-state index in [-0.39, 0.29) is 17.7 Å². The van der Waals surface area contributed by atoms with Gasteiger partial charge >= 0.3 is 0 Å². The zero-order valence-electron chi connectivity index (χ0n) is 12.4. The van der Waals surface area contributed by atoms with Crippen LogP contribution in [0.1, 0.15) is 23.3 Å². The number of amides is 2. The van der Waals surface area contributed by atoms with Crippen molar-refractivity contribution in [1.29, 1.82) is 0 Å². The Morgan fingerprint density at radius 2 is 2.00 bits per heavy atom. The van der Waals surface area contributed by atoms with E-state index >= 15 is 0 Å². The van der Waals surface area contributed by atoms with Gasteiger partial charge in [0.25, 0.3) is 5.91 Å².